The number of nitrogens with one attached hydrogen (secondary N) is 1. The predicted molar refractivity (Wildman–Crippen MR) is 92.4 cm³/mol. The number of anilines is 1. The summed E-state index contributed by atoms with van der Waals surface area (Å²) < 4.78 is 26.2. The number of nitrogens with zero attached hydrogens (tertiary/aromatic N) is 1. The van der Waals surface area contributed by atoms with Crippen molar-refractivity contribution in [3.8, 4) is 0 Å². The lowest BCUT2D eigenvalue weighted by molar-refractivity contribution is -0.120. The number of carbonyl (C=O) groups is 1. The molecule has 7 heteroatoms. The molecule has 2 rings (SSSR count). The molecule has 1 atom stereocenters. The standard InChI is InChI=1S/C17H16Cl2F2N2O/c1-10(17(24)22-16-6-4-12(18)8-13(16)19)23(2)9-11-3-5-14(20)15(21)7-11/h3-8,10H,9H2,1-2H3,(H,22,24). The van der Waals surface area contributed by atoms with E-state index in [9.17, 15) is 13.6 Å². The van der Waals surface area contributed by atoms with E-state index in [0.717, 1.165) is 12.1 Å². The normalized spacial score (nSPS) is 12.3. The maximum absolute atomic E-state index is 13.3. The summed E-state index contributed by atoms with van der Waals surface area (Å²) in [5.41, 5.74) is 1.03. The van der Waals surface area contributed by atoms with Crippen LogP contribution in [0.4, 0.5) is 14.5 Å². The molecule has 0 heterocycles. The van der Waals surface area contributed by atoms with Crippen molar-refractivity contribution in [2.75, 3.05) is 12.4 Å². The second kappa shape index (κ2) is 7.92. The van der Waals surface area contributed by atoms with Crippen molar-refractivity contribution in [1.29, 1.82) is 0 Å². The highest BCUT2D eigenvalue weighted by atomic mass is 35.5. The molecular formula is C17H16Cl2F2N2O. The molecule has 24 heavy (non-hydrogen) atoms. The number of rotatable bonds is 5. The van der Waals surface area contributed by atoms with Gasteiger partial charge in [-0.05, 0) is 49.9 Å². The maximum atomic E-state index is 13.3. The Balaban J connectivity index is 2.02. The van der Waals surface area contributed by atoms with E-state index in [-0.39, 0.29) is 5.91 Å². The molecule has 0 saturated carbocycles. The van der Waals surface area contributed by atoms with Crippen LogP contribution in [0.3, 0.4) is 0 Å². The van der Waals surface area contributed by atoms with E-state index in [4.69, 9.17) is 23.2 Å². The van der Waals surface area contributed by atoms with Gasteiger partial charge < -0.3 is 5.32 Å². The minimum Gasteiger partial charge on any atom is -0.323 e. The third-order valence-corrected chi connectivity index (χ3v) is 4.19. The number of hydrogen-bond acceptors (Lipinski definition) is 2. The van der Waals surface area contributed by atoms with E-state index < -0.39 is 17.7 Å². The number of benzene rings is 2. The Morgan fingerprint density at radius 1 is 1.17 bits per heavy atom. The predicted octanol–water partition coefficient (Wildman–Crippen LogP) is 4.73. The number of halogens is 4. The lowest BCUT2D eigenvalue weighted by atomic mass is 10.1. The monoisotopic (exact) mass is 372 g/mol. The molecule has 0 bridgehead atoms. The van der Waals surface area contributed by atoms with Crippen LogP contribution in [0.15, 0.2) is 36.4 Å². The highest BCUT2D eigenvalue weighted by molar-refractivity contribution is 6.36. The van der Waals surface area contributed by atoms with Gasteiger partial charge in [0.25, 0.3) is 0 Å². The molecule has 1 amide bonds. The molecule has 0 aromatic heterocycles. The van der Waals surface area contributed by atoms with Crippen molar-refractivity contribution in [3.63, 3.8) is 0 Å². The van der Waals surface area contributed by atoms with E-state index in [0.29, 0.717) is 27.8 Å². The van der Waals surface area contributed by atoms with E-state index in [1.165, 1.54) is 12.1 Å². The summed E-state index contributed by atoms with van der Waals surface area (Å²) in [5, 5.41) is 3.53. The van der Waals surface area contributed by atoms with Crippen LogP contribution in [0, 0.1) is 11.6 Å². The van der Waals surface area contributed by atoms with Crippen molar-refractivity contribution in [2.24, 2.45) is 0 Å². The smallest absolute Gasteiger partial charge is 0.241 e. The van der Waals surface area contributed by atoms with Gasteiger partial charge in [-0.1, -0.05) is 29.3 Å². The molecule has 0 spiro atoms. The fraction of sp³-hybridized carbons (Fsp3) is 0.235. The molecule has 1 unspecified atom stereocenters. The summed E-state index contributed by atoms with van der Waals surface area (Å²) in [6.07, 6.45) is 0. The number of carbonyl (C=O) groups excluding carboxylic acids is 1. The van der Waals surface area contributed by atoms with Crippen LogP contribution in [0.25, 0.3) is 0 Å². The fourth-order valence-electron chi connectivity index (χ4n) is 2.09. The van der Waals surface area contributed by atoms with Crippen molar-refractivity contribution in [1.82, 2.24) is 4.90 Å². The summed E-state index contributed by atoms with van der Waals surface area (Å²) in [6, 6.07) is 7.93. The Kier molecular flexibility index (Phi) is 6.15. The number of amides is 1. The first-order valence-electron chi connectivity index (χ1n) is 7.18. The summed E-state index contributed by atoms with van der Waals surface area (Å²) in [4.78, 5) is 14.0. The molecule has 2 aromatic rings. The molecule has 1 N–H and O–H groups in total. The van der Waals surface area contributed by atoms with Gasteiger partial charge in [-0.25, -0.2) is 8.78 Å². The van der Waals surface area contributed by atoms with Crippen LogP contribution < -0.4 is 5.32 Å². The molecule has 128 valence electrons. The first-order chi connectivity index (χ1) is 11.3. The minimum absolute atomic E-state index is 0.274. The molecule has 0 aliphatic carbocycles. The van der Waals surface area contributed by atoms with Crippen molar-refractivity contribution < 1.29 is 13.6 Å². The van der Waals surface area contributed by atoms with Gasteiger partial charge in [0.15, 0.2) is 11.6 Å². The highest BCUT2D eigenvalue weighted by Crippen LogP contribution is 2.25. The molecule has 0 aliphatic heterocycles. The van der Waals surface area contributed by atoms with Crippen LogP contribution in [0.2, 0.25) is 10.0 Å². The Labute approximate surface area is 149 Å². The molecule has 2 aromatic carbocycles. The van der Waals surface area contributed by atoms with Gasteiger partial charge in [0.05, 0.1) is 16.8 Å². The SMILES string of the molecule is CC(C(=O)Nc1ccc(Cl)cc1Cl)N(C)Cc1ccc(F)c(F)c1. The van der Waals surface area contributed by atoms with Gasteiger partial charge in [0.2, 0.25) is 5.91 Å². The molecule has 3 nitrogen and oxygen atoms in total. The minimum atomic E-state index is -0.911. The van der Waals surface area contributed by atoms with Crippen LogP contribution in [0.1, 0.15) is 12.5 Å². The van der Waals surface area contributed by atoms with Crippen LogP contribution in [-0.4, -0.2) is 23.9 Å². The zero-order valence-electron chi connectivity index (χ0n) is 13.1. The molecule has 0 fully saturated rings. The van der Waals surface area contributed by atoms with Crippen LogP contribution in [0.5, 0.6) is 0 Å². The van der Waals surface area contributed by atoms with Crippen LogP contribution in [-0.2, 0) is 11.3 Å². The lowest BCUT2D eigenvalue weighted by Crippen LogP contribution is -2.39. The van der Waals surface area contributed by atoms with Gasteiger partial charge in [-0.3, -0.25) is 9.69 Å². The summed E-state index contributed by atoms with van der Waals surface area (Å²) in [6.45, 7) is 2.00. The van der Waals surface area contributed by atoms with E-state index in [2.05, 4.69) is 5.32 Å². The van der Waals surface area contributed by atoms with E-state index in [1.54, 1.807) is 31.0 Å². The largest absolute Gasteiger partial charge is 0.323 e. The average Bonchev–Trinajstić information content (AvgIpc) is 2.52. The van der Waals surface area contributed by atoms with Crippen molar-refractivity contribution in [2.45, 2.75) is 19.5 Å². The Hall–Kier alpha value is -1.69. The number of likely N-dealkylation sites (N-methyl/N-ethyl adjacent to an activating group) is 1. The van der Waals surface area contributed by atoms with Gasteiger partial charge in [-0.15, -0.1) is 0 Å². The Morgan fingerprint density at radius 2 is 1.88 bits per heavy atom. The lowest BCUT2D eigenvalue weighted by Gasteiger charge is -2.24. The zero-order chi connectivity index (χ0) is 17.9. The second-order valence-corrected chi connectivity index (χ2v) is 6.30. The quantitative estimate of drug-likeness (QED) is 0.822. The van der Waals surface area contributed by atoms with Crippen LogP contribution >= 0.6 is 23.2 Å². The molecule has 0 aliphatic rings. The summed E-state index contributed by atoms with van der Waals surface area (Å²) in [7, 11) is 1.72. The van der Waals surface area contributed by atoms with Crippen molar-refractivity contribution >= 4 is 34.8 Å². The third kappa shape index (κ3) is 4.66. The average molecular weight is 373 g/mol. The first-order valence-corrected chi connectivity index (χ1v) is 7.93. The van der Waals surface area contributed by atoms with Gasteiger partial charge in [-0.2, -0.15) is 0 Å². The molecule has 0 radical (unpaired) electrons. The fourth-order valence-corrected chi connectivity index (χ4v) is 2.55. The van der Waals surface area contributed by atoms with Crippen molar-refractivity contribution in [3.05, 3.63) is 63.6 Å². The topological polar surface area (TPSA) is 32.3 Å². The van der Waals surface area contributed by atoms with E-state index in [1.807, 2.05) is 0 Å². The summed E-state index contributed by atoms with van der Waals surface area (Å²) in [5.74, 6) is -2.08. The van der Waals surface area contributed by atoms with Gasteiger partial charge in [0, 0.05) is 11.6 Å². The maximum Gasteiger partial charge on any atom is 0.241 e. The van der Waals surface area contributed by atoms with Gasteiger partial charge >= 0.3 is 0 Å². The molecule has 0 saturated heterocycles. The Bertz CT molecular complexity index is 755. The zero-order valence-corrected chi connectivity index (χ0v) is 14.6. The van der Waals surface area contributed by atoms with Gasteiger partial charge in [0.1, 0.15) is 0 Å². The highest BCUT2D eigenvalue weighted by Gasteiger charge is 2.19. The van der Waals surface area contributed by atoms with E-state index >= 15 is 0 Å². The number of hydrogen-bond donors (Lipinski definition) is 1. The summed E-state index contributed by atoms with van der Waals surface area (Å²) >= 11 is 11.8. The second-order valence-electron chi connectivity index (χ2n) is 5.45. The third-order valence-electron chi connectivity index (χ3n) is 3.65. The molecular weight excluding hydrogens is 357 g/mol. The first kappa shape index (κ1) is 18.6. The Morgan fingerprint density at radius 3 is 2.50 bits per heavy atom.